The molecule has 1 rings (SSSR count). The molecule has 0 bridgehead atoms. The summed E-state index contributed by atoms with van der Waals surface area (Å²) in [6.45, 7) is 18.6. The van der Waals surface area contributed by atoms with E-state index in [1.54, 1.807) is 0 Å². The summed E-state index contributed by atoms with van der Waals surface area (Å²) >= 11 is 0. The van der Waals surface area contributed by atoms with Crippen LogP contribution in [-0.4, -0.2) is 50.9 Å². The fourth-order valence-corrected chi connectivity index (χ4v) is 6.72. The van der Waals surface area contributed by atoms with Crippen LogP contribution in [-0.2, 0) is 0 Å². The van der Waals surface area contributed by atoms with Gasteiger partial charge in [0.05, 0.1) is 0 Å². The van der Waals surface area contributed by atoms with E-state index in [9.17, 15) is 0 Å². The summed E-state index contributed by atoms with van der Waals surface area (Å²) in [6.07, 6.45) is 2.12. The van der Waals surface area contributed by atoms with E-state index >= 15 is 0 Å². The van der Waals surface area contributed by atoms with Gasteiger partial charge < -0.3 is 9.47 Å². The molecule has 1 saturated heterocycles. The molecule has 0 unspecified atom stereocenters. The molecule has 0 aliphatic carbocycles. The molecule has 2 nitrogen and oxygen atoms in total. The van der Waals surface area contributed by atoms with Crippen molar-refractivity contribution in [1.29, 1.82) is 0 Å². The second-order valence-corrected chi connectivity index (χ2v) is 11.1. The number of hydrogen-bond acceptors (Lipinski definition) is 2. The normalized spacial score (nSPS) is 21.1. The smallest absolute Gasteiger partial charge is 0.123 e. The molecular weight excluding hydrogens is 212 g/mol. The van der Waals surface area contributed by atoms with Gasteiger partial charge in [-0.15, -0.1) is 6.58 Å². The molecule has 0 amide bonds. The van der Waals surface area contributed by atoms with Gasteiger partial charge in [-0.25, -0.2) is 0 Å². The van der Waals surface area contributed by atoms with Crippen LogP contribution in [0.15, 0.2) is 12.7 Å². The van der Waals surface area contributed by atoms with E-state index in [0.29, 0.717) is 5.41 Å². The highest BCUT2D eigenvalue weighted by atomic mass is 28.3. The van der Waals surface area contributed by atoms with Crippen molar-refractivity contribution in [3.05, 3.63) is 12.7 Å². The van der Waals surface area contributed by atoms with E-state index < -0.39 is 8.24 Å². The number of rotatable bonds is 4. The molecule has 16 heavy (non-hydrogen) atoms. The first kappa shape index (κ1) is 13.9. The zero-order valence-corrected chi connectivity index (χ0v) is 12.7. The lowest BCUT2D eigenvalue weighted by Gasteiger charge is -2.44. The minimum Gasteiger partial charge on any atom is -0.321 e. The first-order valence-corrected chi connectivity index (χ1v) is 9.49. The Morgan fingerprint density at radius 3 is 2.12 bits per heavy atom. The van der Waals surface area contributed by atoms with Crippen molar-refractivity contribution >= 4 is 8.24 Å². The van der Waals surface area contributed by atoms with Gasteiger partial charge >= 0.3 is 0 Å². The zero-order valence-electron chi connectivity index (χ0n) is 11.7. The largest absolute Gasteiger partial charge is 0.321 e. The van der Waals surface area contributed by atoms with Crippen LogP contribution < -0.4 is 0 Å². The Labute approximate surface area is 102 Å². The molecule has 3 heteroatoms. The fourth-order valence-electron chi connectivity index (χ4n) is 2.71. The van der Waals surface area contributed by atoms with Crippen LogP contribution in [0.25, 0.3) is 0 Å². The summed E-state index contributed by atoms with van der Waals surface area (Å²) in [5.41, 5.74) is 0.291. The van der Waals surface area contributed by atoms with Gasteiger partial charge in [0, 0.05) is 26.2 Å². The van der Waals surface area contributed by atoms with E-state index in [2.05, 4.69) is 56.1 Å². The quantitative estimate of drug-likeness (QED) is 0.551. The predicted molar refractivity (Wildman–Crippen MR) is 75.3 cm³/mol. The molecule has 1 aliphatic heterocycles. The number of hydrogen-bond donors (Lipinski definition) is 0. The van der Waals surface area contributed by atoms with Crippen molar-refractivity contribution in [1.82, 2.24) is 9.47 Å². The number of piperazine rings is 1. The Morgan fingerprint density at radius 2 is 1.69 bits per heavy atom. The van der Waals surface area contributed by atoms with Crippen molar-refractivity contribution in [3.63, 3.8) is 0 Å². The molecule has 0 aromatic rings. The molecule has 0 spiro atoms. The standard InChI is InChI=1S/C13H28N2Si/c1-7-13(2,3)12-16(5,6)15-10-8-14(4)9-11-15/h7H,1,8-12H2,2-6H3. The van der Waals surface area contributed by atoms with Crippen LogP contribution in [0.5, 0.6) is 0 Å². The van der Waals surface area contributed by atoms with Crippen molar-refractivity contribution in [3.8, 4) is 0 Å². The maximum Gasteiger partial charge on any atom is 0.123 e. The van der Waals surface area contributed by atoms with Crippen LogP contribution in [0, 0.1) is 5.41 Å². The van der Waals surface area contributed by atoms with Crippen molar-refractivity contribution in [2.75, 3.05) is 33.2 Å². The van der Waals surface area contributed by atoms with Crippen molar-refractivity contribution in [2.45, 2.75) is 33.0 Å². The maximum atomic E-state index is 3.97. The summed E-state index contributed by atoms with van der Waals surface area (Å²) in [6, 6.07) is 1.31. The second kappa shape index (κ2) is 5.03. The summed E-state index contributed by atoms with van der Waals surface area (Å²) in [4.78, 5) is 2.43. The first-order valence-electron chi connectivity index (χ1n) is 6.34. The first-order chi connectivity index (χ1) is 7.27. The monoisotopic (exact) mass is 240 g/mol. The lowest BCUT2D eigenvalue weighted by atomic mass is 9.97. The van der Waals surface area contributed by atoms with Crippen LogP contribution in [0.4, 0.5) is 0 Å². The molecule has 0 N–H and O–H groups in total. The molecule has 0 aromatic heterocycles. The van der Waals surface area contributed by atoms with Gasteiger partial charge in [0.25, 0.3) is 0 Å². The average molecular weight is 240 g/mol. The van der Waals surface area contributed by atoms with Gasteiger partial charge in [0.1, 0.15) is 8.24 Å². The van der Waals surface area contributed by atoms with Gasteiger partial charge in [0.15, 0.2) is 0 Å². The van der Waals surface area contributed by atoms with Gasteiger partial charge in [-0.3, -0.25) is 0 Å². The van der Waals surface area contributed by atoms with E-state index in [1.807, 2.05) is 0 Å². The fraction of sp³-hybridized carbons (Fsp3) is 0.846. The van der Waals surface area contributed by atoms with E-state index in [-0.39, 0.29) is 0 Å². The zero-order chi connectivity index (χ0) is 12.4. The molecule has 0 aromatic carbocycles. The van der Waals surface area contributed by atoms with Gasteiger partial charge in [0.2, 0.25) is 0 Å². The Hall–Kier alpha value is -0.123. The molecule has 1 heterocycles. The summed E-state index contributed by atoms with van der Waals surface area (Å²) in [7, 11) is 0.969. The van der Waals surface area contributed by atoms with Crippen LogP contribution >= 0.6 is 0 Å². The molecular formula is C13H28N2Si. The maximum absolute atomic E-state index is 3.97. The molecule has 1 aliphatic rings. The lowest BCUT2D eigenvalue weighted by Crippen LogP contribution is -2.57. The molecule has 0 atom stereocenters. The number of likely N-dealkylation sites (N-methyl/N-ethyl adjacent to an activating group) is 1. The van der Waals surface area contributed by atoms with Crippen molar-refractivity contribution in [2.24, 2.45) is 5.41 Å². The Kier molecular flexibility index (Phi) is 4.38. The second-order valence-electron chi connectivity index (χ2n) is 6.47. The van der Waals surface area contributed by atoms with Gasteiger partial charge in [-0.1, -0.05) is 33.0 Å². The topological polar surface area (TPSA) is 6.48 Å². The lowest BCUT2D eigenvalue weighted by molar-refractivity contribution is 0.214. The molecule has 94 valence electrons. The van der Waals surface area contributed by atoms with Gasteiger partial charge in [-0.05, 0) is 18.5 Å². The van der Waals surface area contributed by atoms with E-state index in [4.69, 9.17) is 0 Å². The highest BCUT2D eigenvalue weighted by molar-refractivity contribution is 6.74. The third-order valence-electron chi connectivity index (χ3n) is 3.80. The number of nitrogens with zero attached hydrogens (tertiary/aromatic N) is 2. The van der Waals surface area contributed by atoms with Gasteiger partial charge in [-0.2, -0.15) is 0 Å². The Morgan fingerprint density at radius 1 is 1.19 bits per heavy atom. The third kappa shape index (κ3) is 3.72. The predicted octanol–water partition coefficient (Wildman–Crippen LogP) is 2.65. The van der Waals surface area contributed by atoms with E-state index in [0.717, 1.165) is 0 Å². The van der Waals surface area contributed by atoms with Crippen LogP contribution in [0.3, 0.4) is 0 Å². The minimum atomic E-state index is -1.25. The summed E-state index contributed by atoms with van der Waals surface area (Å²) in [5.74, 6) is 0. The number of allylic oxidation sites excluding steroid dienone is 1. The highest BCUT2D eigenvalue weighted by Crippen LogP contribution is 2.31. The Balaban J connectivity index is 2.59. The molecule has 1 fully saturated rings. The minimum absolute atomic E-state index is 0.291. The van der Waals surface area contributed by atoms with Crippen molar-refractivity contribution < 1.29 is 0 Å². The average Bonchev–Trinajstić information content (AvgIpc) is 2.17. The Bertz CT molecular complexity index is 240. The summed E-state index contributed by atoms with van der Waals surface area (Å²) in [5, 5.41) is 0. The summed E-state index contributed by atoms with van der Waals surface area (Å²) < 4.78 is 2.76. The van der Waals surface area contributed by atoms with Crippen LogP contribution in [0.2, 0.25) is 19.1 Å². The molecule has 0 saturated carbocycles. The SMILES string of the molecule is C=CC(C)(C)C[Si](C)(C)N1CCN(C)CC1. The highest BCUT2D eigenvalue weighted by Gasteiger charge is 2.35. The molecule has 0 radical (unpaired) electrons. The third-order valence-corrected chi connectivity index (χ3v) is 7.74. The van der Waals surface area contributed by atoms with Crippen LogP contribution in [0.1, 0.15) is 13.8 Å². The van der Waals surface area contributed by atoms with E-state index in [1.165, 1.54) is 32.2 Å².